The van der Waals surface area contributed by atoms with E-state index in [0.29, 0.717) is 6.61 Å². The molecule has 0 spiro atoms. The molecule has 17 heavy (non-hydrogen) atoms. The predicted molar refractivity (Wildman–Crippen MR) is 68.1 cm³/mol. The van der Waals surface area contributed by atoms with Crippen LogP contribution in [0.4, 0.5) is 0 Å². The molecule has 1 aromatic carbocycles. The van der Waals surface area contributed by atoms with Crippen LogP contribution >= 0.6 is 0 Å². The minimum absolute atomic E-state index is 0.170. The number of aryl methyl sites for hydroxylation is 1. The van der Waals surface area contributed by atoms with Gasteiger partial charge in [-0.25, -0.2) is 4.79 Å². The Morgan fingerprint density at radius 2 is 2.18 bits per heavy atom. The van der Waals surface area contributed by atoms with Gasteiger partial charge < -0.3 is 4.74 Å². The van der Waals surface area contributed by atoms with Crippen molar-refractivity contribution in [3.8, 4) is 0 Å². The van der Waals surface area contributed by atoms with E-state index in [4.69, 9.17) is 4.74 Å². The van der Waals surface area contributed by atoms with Crippen LogP contribution in [-0.4, -0.2) is 5.97 Å². The topological polar surface area (TPSA) is 26.3 Å². The maximum absolute atomic E-state index is 11.4. The van der Waals surface area contributed by atoms with Gasteiger partial charge in [0.15, 0.2) is 0 Å². The van der Waals surface area contributed by atoms with E-state index in [2.05, 4.69) is 26.8 Å². The maximum Gasteiger partial charge on any atom is 0.338 e. The van der Waals surface area contributed by atoms with Gasteiger partial charge in [0.25, 0.3) is 0 Å². The first-order valence-corrected chi connectivity index (χ1v) is 6.42. The van der Waals surface area contributed by atoms with Crippen LogP contribution < -0.4 is 0 Å². The molecule has 1 aromatic rings. The first kappa shape index (κ1) is 12.2. The molecule has 2 rings (SSSR count). The van der Waals surface area contributed by atoms with Crippen LogP contribution in [0.1, 0.15) is 53.7 Å². The molecule has 0 aromatic heterocycles. The molecule has 1 unspecified atom stereocenters. The Morgan fingerprint density at radius 1 is 1.41 bits per heavy atom. The summed E-state index contributed by atoms with van der Waals surface area (Å²) in [7, 11) is 0. The highest BCUT2D eigenvalue weighted by Crippen LogP contribution is 2.27. The molecule has 0 bridgehead atoms. The van der Waals surface area contributed by atoms with Crippen molar-refractivity contribution in [2.75, 3.05) is 0 Å². The van der Waals surface area contributed by atoms with Gasteiger partial charge in [0, 0.05) is 5.56 Å². The van der Waals surface area contributed by atoms with Gasteiger partial charge in [0.1, 0.15) is 6.61 Å². The summed E-state index contributed by atoms with van der Waals surface area (Å²) in [6.45, 7) is 7.08. The summed E-state index contributed by atoms with van der Waals surface area (Å²) in [5, 5.41) is 0. The number of hydrogen-bond acceptors (Lipinski definition) is 2. The Morgan fingerprint density at radius 3 is 2.88 bits per heavy atom. The average Bonchev–Trinajstić information content (AvgIpc) is 2.71. The summed E-state index contributed by atoms with van der Waals surface area (Å²) in [6, 6.07) is 4.01. The summed E-state index contributed by atoms with van der Waals surface area (Å²) in [5.74, 6) is 0.595. The Kier molecular flexibility index (Phi) is 3.51. The fourth-order valence-corrected chi connectivity index (χ4v) is 2.27. The van der Waals surface area contributed by atoms with Gasteiger partial charge in [-0.1, -0.05) is 26.3 Å². The summed E-state index contributed by atoms with van der Waals surface area (Å²) >= 11 is 0. The number of ether oxygens (including phenoxy) is 1. The summed E-state index contributed by atoms with van der Waals surface area (Å²) in [4.78, 5) is 11.4. The smallest absolute Gasteiger partial charge is 0.338 e. The summed E-state index contributed by atoms with van der Waals surface area (Å²) < 4.78 is 5.07. The van der Waals surface area contributed by atoms with E-state index in [0.717, 1.165) is 23.5 Å². The molecule has 2 nitrogen and oxygen atoms in total. The van der Waals surface area contributed by atoms with Crippen LogP contribution in [0, 0.1) is 12.8 Å². The Labute approximate surface area is 103 Å². The minimum atomic E-state index is -0.170. The van der Waals surface area contributed by atoms with Gasteiger partial charge in [-0.05, 0) is 42.9 Å². The van der Waals surface area contributed by atoms with Crippen LogP contribution in [0.25, 0.3) is 0 Å². The quantitative estimate of drug-likeness (QED) is 0.741. The van der Waals surface area contributed by atoms with Crippen LogP contribution in [0.2, 0.25) is 0 Å². The number of hydrogen-bond donors (Lipinski definition) is 0. The molecule has 0 saturated heterocycles. The van der Waals surface area contributed by atoms with Gasteiger partial charge in [-0.15, -0.1) is 0 Å². The lowest BCUT2D eigenvalue weighted by Gasteiger charge is -2.12. The molecule has 0 N–H and O–H groups in total. The van der Waals surface area contributed by atoms with Gasteiger partial charge >= 0.3 is 5.97 Å². The van der Waals surface area contributed by atoms with Crippen molar-refractivity contribution >= 4 is 5.97 Å². The van der Waals surface area contributed by atoms with Crippen LogP contribution in [0.15, 0.2) is 12.1 Å². The Bertz CT molecular complexity index is 435. The van der Waals surface area contributed by atoms with E-state index in [1.165, 1.54) is 24.0 Å². The highest BCUT2D eigenvalue weighted by molar-refractivity contribution is 5.93. The van der Waals surface area contributed by atoms with Crippen LogP contribution in [0.5, 0.6) is 0 Å². The number of carbonyl (C=O) groups excluding carboxylic acids is 1. The standard InChI is InChI=1S/C15H20O2/c1-4-10(2)5-6-12-7-8-13-14(11(12)3)9-17-15(13)16/h7-8,10H,4-6,9H2,1-3H3. The zero-order valence-corrected chi connectivity index (χ0v) is 10.9. The third-order valence-corrected chi connectivity index (χ3v) is 3.88. The van der Waals surface area contributed by atoms with Gasteiger partial charge in [0.2, 0.25) is 0 Å². The monoisotopic (exact) mass is 232 g/mol. The lowest BCUT2D eigenvalue weighted by molar-refractivity contribution is 0.0535. The second-order valence-electron chi connectivity index (χ2n) is 5.00. The highest BCUT2D eigenvalue weighted by Gasteiger charge is 2.23. The van der Waals surface area contributed by atoms with Crippen molar-refractivity contribution in [1.29, 1.82) is 0 Å². The van der Waals surface area contributed by atoms with Crippen LogP contribution in [0.3, 0.4) is 0 Å². The second-order valence-corrected chi connectivity index (χ2v) is 5.00. The minimum Gasteiger partial charge on any atom is -0.457 e. The first-order chi connectivity index (χ1) is 8.13. The second kappa shape index (κ2) is 4.91. The third kappa shape index (κ3) is 2.36. The molecule has 0 radical (unpaired) electrons. The molecule has 0 fully saturated rings. The van der Waals surface area contributed by atoms with Crippen molar-refractivity contribution in [2.45, 2.75) is 46.6 Å². The van der Waals surface area contributed by atoms with Gasteiger partial charge in [-0.3, -0.25) is 0 Å². The Hall–Kier alpha value is -1.31. The van der Waals surface area contributed by atoms with E-state index in [1.54, 1.807) is 0 Å². The third-order valence-electron chi connectivity index (χ3n) is 3.88. The molecule has 1 atom stereocenters. The van der Waals surface area contributed by atoms with Crippen molar-refractivity contribution in [3.05, 3.63) is 34.4 Å². The number of fused-ring (bicyclic) bond motifs is 1. The van der Waals surface area contributed by atoms with Crippen molar-refractivity contribution < 1.29 is 9.53 Å². The normalized spacial score (nSPS) is 15.6. The molecule has 1 aliphatic heterocycles. The van der Waals surface area contributed by atoms with Crippen molar-refractivity contribution in [2.24, 2.45) is 5.92 Å². The van der Waals surface area contributed by atoms with Gasteiger partial charge in [-0.2, -0.15) is 0 Å². The fraction of sp³-hybridized carbons (Fsp3) is 0.533. The fourth-order valence-electron chi connectivity index (χ4n) is 2.27. The SMILES string of the molecule is CCC(C)CCc1ccc2c(c1C)COC2=O. The first-order valence-electron chi connectivity index (χ1n) is 6.42. The molecular weight excluding hydrogens is 212 g/mol. The zero-order valence-electron chi connectivity index (χ0n) is 10.9. The molecule has 0 aliphatic carbocycles. The van der Waals surface area contributed by atoms with Crippen LogP contribution in [-0.2, 0) is 17.8 Å². The number of esters is 1. The van der Waals surface area contributed by atoms with E-state index in [9.17, 15) is 4.79 Å². The lowest BCUT2D eigenvalue weighted by atomic mass is 9.93. The number of carbonyl (C=O) groups is 1. The van der Waals surface area contributed by atoms with E-state index in [-0.39, 0.29) is 5.97 Å². The van der Waals surface area contributed by atoms with E-state index >= 15 is 0 Å². The largest absolute Gasteiger partial charge is 0.457 e. The molecular formula is C15H20O2. The number of cyclic esters (lactones) is 1. The number of rotatable bonds is 4. The Balaban J connectivity index is 2.18. The maximum atomic E-state index is 11.4. The zero-order chi connectivity index (χ0) is 12.4. The molecule has 0 saturated carbocycles. The molecule has 1 aliphatic rings. The molecule has 2 heteroatoms. The highest BCUT2D eigenvalue weighted by atomic mass is 16.5. The molecule has 1 heterocycles. The van der Waals surface area contributed by atoms with E-state index < -0.39 is 0 Å². The predicted octanol–water partition coefficient (Wildman–Crippen LogP) is 3.64. The van der Waals surface area contributed by atoms with E-state index in [1.807, 2.05) is 6.07 Å². The van der Waals surface area contributed by atoms with Crippen molar-refractivity contribution in [3.63, 3.8) is 0 Å². The summed E-state index contributed by atoms with van der Waals surface area (Å²) in [5.41, 5.74) is 4.46. The molecule has 0 amide bonds. The lowest BCUT2D eigenvalue weighted by Crippen LogP contribution is -2.01. The molecule has 92 valence electrons. The summed E-state index contributed by atoms with van der Waals surface area (Å²) in [6.07, 6.45) is 3.54. The van der Waals surface area contributed by atoms with Gasteiger partial charge in [0.05, 0.1) is 5.56 Å². The average molecular weight is 232 g/mol. The number of benzene rings is 1. The van der Waals surface area contributed by atoms with Crippen molar-refractivity contribution in [1.82, 2.24) is 0 Å².